The predicted molar refractivity (Wildman–Crippen MR) is 61.6 cm³/mol. The minimum atomic E-state index is -0.0532. The van der Waals surface area contributed by atoms with Gasteiger partial charge in [0.1, 0.15) is 0 Å². The van der Waals surface area contributed by atoms with Gasteiger partial charge in [0.05, 0.1) is 0 Å². The molecule has 0 saturated heterocycles. The monoisotopic (exact) mass is 213 g/mol. The van der Waals surface area contributed by atoms with Crippen molar-refractivity contribution >= 4 is 6.03 Å². The number of nitrogens with two attached hydrogens (primary N) is 1. The molecule has 1 saturated carbocycles. The van der Waals surface area contributed by atoms with Gasteiger partial charge in [0.25, 0.3) is 0 Å². The number of nitrogens with one attached hydrogen (secondary N) is 2. The largest absolute Gasteiger partial charge is 0.338 e. The second kappa shape index (κ2) is 6.67. The van der Waals surface area contributed by atoms with Gasteiger partial charge in [0.2, 0.25) is 0 Å². The molecule has 15 heavy (non-hydrogen) atoms. The first-order valence-corrected chi connectivity index (χ1v) is 6.01. The quantitative estimate of drug-likeness (QED) is 0.601. The van der Waals surface area contributed by atoms with Crippen molar-refractivity contribution in [3.05, 3.63) is 0 Å². The van der Waals surface area contributed by atoms with Crippen LogP contribution >= 0.6 is 0 Å². The normalized spacial score (nSPS) is 25.2. The molecule has 4 N–H and O–H groups in total. The Morgan fingerprint density at radius 1 is 1.40 bits per heavy atom. The number of hydrogen-bond acceptors (Lipinski definition) is 2. The Morgan fingerprint density at radius 2 is 2.20 bits per heavy atom. The summed E-state index contributed by atoms with van der Waals surface area (Å²) >= 11 is 0. The molecule has 0 radical (unpaired) electrons. The second-order valence-electron chi connectivity index (χ2n) is 4.35. The molecule has 2 unspecified atom stereocenters. The molecule has 2 amide bonds. The fraction of sp³-hybridized carbons (Fsp3) is 0.909. The van der Waals surface area contributed by atoms with Crippen LogP contribution in [0.4, 0.5) is 4.79 Å². The van der Waals surface area contributed by atoms with Gasteiger partial charge in [0.15, 0.2) is 0 Å². The maximum atomic E-state index is 11.3. The molecule has 0 aromatic carbocycles. The maximum Gasteiger partial charge on any atom is 0.314 e. The number of unbranched alkanes of at least 4 members (excludes halogenated alkanes) is 1. The summed E-state index contributed by atoms with van der Waals surface area (Å²) in [7, 11) is 0. The van der Waals surface area contributed by atoms with Crippen LogP contribution in [0.3, 0.4) is 0 Å². The first-order chi connectivity index (χ1) is 7.24. The van der Waals surface area contributed by atoms with E-state index in [2.05, 4.69) is 17.6 Å². The van der Waals surface area contributed by atoms with Gasteiger partial charge >= 0.3 is 6.03 Å². The van der Waals surface area contributed by atoms with Crippen LogP contribution < -0.4 is 16.4 Å². The maximum absolute atomic E-state index is 11.3. The van der Waals surface area contributed by atoms with Crippen molar-refractivity contribution in [2.45, 2.75) is 45.1 Å². The summed E-state index contributed by atoms with van der Waals surface area (Å²) in [6.45, 7) is 3.59. The zero-order valence-corrected chi connectivity index (χ0v) is 9.59. The number of carbonyl (C=O) groups is 1. The van der Waals surface area contributed by atoms with Gasteiger partial charge in [-0.25, -0.2) is 4.79 Å². The molecule has 1 rings (SSSR count). The smallest absolute Gasteiger partial charge is 0.314 e. The lowest BCUT2D eigenvalue weighted by molar-refractivity contribution is 0.238. The fourth-order valence-corrected chi connectivity index (χ4v) is 1.98. The van der Waals surface area contributed by atoms with Gasteiger partial charge in [-0.2, -0.15) is 0 Å². The van der Waals surface area contributed by atoms with E-state index in [9.17, 15) is 4.79 Å². The van der Waals surface area contributed by atoms with Crippen molar-refractivity contribution < 1.29 is 4.79 Å². The van der Waals surface area contributed by atoms with E-state index in [1.54, 1.807) is 0 Å². The van der Waals surface area contributed by atoms with Gasteiger partial charge in [-0.3, -0.25) is 0 Å². The molecule has 0 spiro atoms. The Bertz CT molecular complexity index is 196. The molecule has 1 aliphatic rings. The molecule has 0 aliphatic heterocycles. The van der Waals surface area contributed by atoms with Crippen LogP contribution in [0, 0.1) is 5.92 Å². The Balaban J connectivity index is 2.05. The molecular weight excluding hydrogens is 190 g/mol. The van der Waals surface area contributed by atoms with E-state index in [0.29, 0.717) is 5.92 Å². The Labute approximate surface area is 92.0 Å². The SMILES string of the molecule is CCCCNC(=O)NCC1CCCC1N. The molecule has 0 aromatic heterocycles. The van der Waals surface area contributed by atoms with E-state index >= 15 is 0 Å². The van der Waals surface area contributed by atoms with E-state index in [4.69, 9.17) is 5.73 Å². The summed E-state index contributed by atoms with van der Waals surface area (Å²) in [4.78, 5) is 11.3. The van der Waals surface area contributed by atoms with E-state index in [1.165, 1.54) is 6.42 Å². The average Bonchev–Trinajstić information content (AvgIpc) is 2.61. The highest BCUT2D eigenvalue weighted by Crippen LogP contribution is 2.22. The van der Waals surface area contributed by atoms with Crippen molar-refractivity contribution in [3.63, 3.8) is 0 Å². The van der Waals surface area contributed by atoms with Gasteiger partial charge in [0, 0.05) is 19.1 Å². The predicted octanol–water partition coefficient (Wildman–Crippen LogP) is 1.21. The number of amides is 2. The average molecular weight is 213 g/mol. The van der Waals surface area contributed by atoms with E-state index in [-0.39, 0.29) is 12.1 Å². The minimum absolute atomic E-state index is 0.0532. The topological polar surface area (TPSA) is 67.2 Å². The van der Waals surface area contributed by atoms with Crippen LogP contribution in [0.25, 0.3) is 0 Å². The van der Waals surface area contributed by atoms with Crippen molar-refractivity contribution in [2.24, 2.45) is 11.7 Å². The highest BCUT2D eigenvalue weighted by molar-refractivity contribution is 5.73. The van der Waals surface area contributed by atoms with Gasteiger partial charge in [-0.1, -0.05) is 19.8 Å². The van der Waals surface area contributed by atoms with Crippen LogP contribution in [-0.2, 0) is 0 Å². The number of urea groups is 1. The van der Waals surface area contributed by atoms with E-state index < -0.39 is 0 Å². The third kappa shape index (κ3) is 4.51. The lowest BCUT2D eigenvalue weighted by Gasteiger charge is -2.16. The lowest BCUT2D eigenvalue weighted by atomic mass is 10.1. The van der Waals surface area contributed by atoms with Gasteiger partial charge < -0.3 is 16.4 Å². The summed E-state index contributed by atoms with van der Waals surface area (Å²) in [5, 5.41) is 5.72. The minimum Gasteiger partial charge on any atom is -0.338 e. The summed E-state index contributed by atoms with van der Waals surface area (Å²) in [6.07, 6.45) is 5.59. The first kappa shape index (κ1) is 12.3. The Morgan fingerprint density at radius 3 is 2.80 bits per heavy atom. The standard InChI is InChI=1S/C11H23N3O/c1-2-3-7-13-11(15)14-8-9-5-4-6-10(9)12/h9-10H,2-8,12H2,1H3,(H2,13,14,15). The summed E-state index contributed by atoms with van der Waals surface area (Å²) in [6, 6.07) is 0.225. The summed E-state index contributed by atoms with van der Waals surface area (Å²) in [5.41, 5.74) is 5.92. The lowest BCUT2D eigenvalue weighted by Crippen LogP contribution is -2.41. The van der Waals surface area contributed by atoms with Gasteiger partial charge in [-0.05, 0) is 25.2 Å². The third-order valence-electron chi connectivity index (χ3n) is 3.06. The van der Waals surface area contributed by atoms with Crippen LogP contribution in [-0.4, -0.2) is 25.2 Å². The second-order valence-corrected chi connectivity index (χ2v) is 4.35. The molecule has 1 aliphatic carbocycles. The zero-order valence-electron chi connectivity index (χ0n) is 9.59. The van der Waals surface area contributed by atoms with Gasteiger partial charge in [-0.15, -0.1) is 0 Å². The third-order valence-corrected chi connectivity index (χ3v) is 3.06. The highest BCUT2D eigenvalue weighted by atomic mass is 16.2. The van der Waals surface area contributed by atoms with Crippen molar-refractivity contribution in [1.82, 2.24) is 10.6 Å². The molecule has 88 valence electrons. The number of carbonyl (C=O) groups excluding carboxylic acids is 1. The molecule has 0 heterocycles. The van der Waals surface area contributed by atoms with Crippen LogP contribution in [0.1, 0.15) is 39.0 Å². The van der Waals surface area contributed by atoms with Crippen molar-refractivity contribution in [1.29, 1.82) is 0 Å². The fourth-order valence-electron chi connectivity index (χ4n) is 1.98. The van der Waals surface area contributed by atoms with Crippen LogP contribution in [0.5, 0.6) is 0 Å². The Hall–Kier alpha value is -0.770. The molecule has 0 aromatic rings. The van der Waals surface area contributed by atoms with Crippen molar-refractivity contribution in [2.75, 3.05) is 13.1 Å². The summed E-state index contributed by atoms with van der Waals surface area (Å²) < 4.78 is 0. The van der Waals surface area contributed by atoms with E-state index in [1.807, 2.05) is 0 Å². The van der Waals surface area contributed by atoms with Crippen LogP contribution in [0.2, 0.25) is 0 Å². The zero-order chi connectivity index (χ0) is 11.1. The molecule has 4 nitrogen and oxygen atoms in total. The Kier molecular flexibility index (Phi) is 5.47. The van der Waals surface area contributed by atoms with Crippen molar-refractivity contribution in [3.8, 4) is 0 Å². The molecule has 0 bridgehead atoms. The molecule has 2 atom stereocenters. The number of rotatable bonds is 5. The first-order valence-electron chi connectivity index (χ1n) is 6.01. The molecule has 1 fully saturated rings. The highest BCUT2D eigenvalue weighted by Gasteiger charge is 2.23. The van der Waals surface area contributed by atoms with E-state index in [0.717, 1.165) is 38.8 Å². The molecular formula is C11H23N3O. The van der Waals surface area contributed by atoms with Crippen LogP contribution in [0.15, 0.2) is 0 Å². The number of hydrogen-bond donors (Lipinski definition) is 3. The summed E-state index contributed by atoms with van der Waals surface area (Å²) in [5.74, 6) is 0.474. The molecule has 4 heteroatoms.